The van der Waals surface area contributed by atoms with Crippen LogP contribution in [0.1, 0.15) is 31.5 Å². The molecule has 1 aromatic carbocycles. The standard InChI is InChI=1S/C20H26F3N5O3S/c1-13-24-18(12-19(25-13)28(2)3)26-14-8-10-15(11-9-14)27-32(29,30)17-7-5-4-6-16(17)31-20(21,22)23/h4-7,12,14-15,27H,8-11H2,1-3H3,(H,24,25,26). The van der Waals surface area contributed by atoms with Gasteiger partial charge in [0, 0.05) is 32.2 Å². The molecule has 176 valence electrons. The second-order valence-electron chi connectivity index (χ2n) is 7.86. The molecule has 0 radical (unpaired) electrons. The van der Waals surface area contributed by atoms with E-state index in [0.29, 0.717) is 37.3 Å². The van der Waals surface area contributed by atoms with Crippen molar-refractivity contribution in [2.75, 3.05) is 24.3 Å². The van der Waals surface area contributed by atoms with E-state index in [9.17, 15) is 21.6 Å². The van der Waals surface area contributed by atoms with Crippen LogP contribution in [0.15, 0.2) is 35.2 Å². The maximum atomic E-state index is 12.7. The highest BCUT2D eigenvalue weighted by atomic mass is 32.2. The van der Waals surface area contributed by atoms with Gasteiger partial charge in [0.2, 0.25) is 10.0 Å². The van der Waals surface area contributed by atoms with Gasteiger partial charge in [0.05, 0.1) is 0 Å². The summed E-state index contributed by atoms with van der Waals surface area (Å²) in [5.41, 5.74) is 0. The fourth-order valence-corrected chi connectivity index (χ4v) is 5.02. The largest absolute Gasteiger partial charge is 0.573 e. The van der Waals surface area contributed by atoms with Gasteiger partial charge in [0.25, 0.3) is 0 Å². The zero-order valence-electron chi connectivity index (χ0n) is 18.0. The first kappa shape index (κ1) is 24.1. The lowest BCUT2D eigenvalue weighted by Gasteiger charge is -2.30. The van der Waals surface area contributed by atoms with Crippen molar-refractivity contribution in [3.05, 3.63) is 36.2 Å². The van der Waals surface area contributed by atoms with Gasteiger partial charge in [-0.3, -0.25) is 0 Å². The molecule has 1 aliphatic rings. The molecule has 8 nitrogen and oxygen atoms in total. The number of rotatable bonds is 7. The van der Waals surface area contributed by atoms with Crippen LogP contribution < -0.4 is 19.7 Å². The van der Waals surface area contributed by atoms with Crippen molar-refractivity contribution in [2.45, 2.75) is 55.9 Å². The Morgan fingerprint density at radius 2 is 1.69 bits per heavy atom. The molecule has 0 unspecified atom stereocenters. The van der Waals surface area contributed by atoms with E-state index in [0.717, 1.165) is 18.0 Å². The molecule has 0 saturated heterocycles. The zero-order chi connectivity index (χ0) is 23.5. The summed E-state index contributed by atoms with van der Waals surface area (Å²) in [6.07, 6.45) is -2.57. The van der Waals surface area contributed by atoms with Crippen molar-refractivity contribution in [3.63, 3.8) is 0 Å². The lowest BCUT2D eigenvalue weighted by Crippen LogP contribution is -2.40. The molecule has 1 fully saturated rings. The van der Waals surface area contributed by atoms with E-state index in [-0.39, 0.29) is 12.1 Å². The summed E-state index contributed by atoms with van der Waals surface area (Å²) >= 11 is 0. The molecule has 1 aromatic heterocycles. The SMILES string of the molecule is Cc1nc(NC2CCC(NS(=O)(=O)c3ccccc3OC(F)(F)F)CC2)cc(N(C)C)n1. The van der Waals surface area contributed by atoms with Crippen LogP contribution in [0.5, 0.6) is 5.75 Å². The maximum absolute atomic E-state index is 12.7. The number of aryl methyl sites for hydroxylation is 1. The Balaban J connectivity index is 1.62. The minimum Gasteiger partial charge on any atom is -0.404 e. The minimum absolute atomic E-state index is 0.0981. The van der Waals surface area contributed by atoms with E-state index in [1.807, 2.05) is 32.0 Å². The summed E-state index contributed by atoms with van der Waals surface area (Å²) in [5, 5.41) is 3.37. The van der Waals surface area contributed by atoms with Gasteiger partial charge >= 0.3 is 6.36 Å². The first-order chi connectivity index (χ1) is 14.9. The summed E-state index contributed by atoms with van der Waals surface area (Å²) in [6.45, 7) is 1.81. The molecule has 0 bridgehead atoms. The first-order valence-corrected chi connectivity index (χ1v) is 11.6. The fourth-order valence-electron chi connectivity index (χ4n) is 3.58. The van der Waals surface area contributed by atoms with Gasteiger partial charge in [-0.05, 0) is 44.7 Å². The van der Waals surface area contributed by atoms with Crippen LogP contribution in [0.3, 0.4) is 0 Å². The molecular formula is C20H26F3N5O3S. The Morgan fingerprint density at radius 1 is 1.06 bits per heavy atom. The fraction of sp³-hybridized carbons (Fsp3) is 0.500. The van der Waals surface area contributed by atoms with Crippen LogP contribution in [0.25, 0.3) is 0 Å². The average molecular weight is 474 g/mol. The molecule has 2 aromatic rings. The number of ether oxygens (including phenoxy) is 1. The molecule has 0 aliphatic heterocycles. The molecule has 32 heavy (non-hydrogen) atoms. The number of alkyl halides is 3. The van der Waals surface area contributed by atoms with Gasteiger partial charge in [-0.25, -0.2) is 23.1 Å². The Kier molecular flexibility index (Phi) is 7.13. The van der Waals surface area contributed by atoms with Gasteiger partial charge in [0.1, 0.15) is 28.1 Å². The normalized spacial score (nSPS) is 19.4. The maximum Gasteiger partial charge on any atom is 0.573 e. The quantitative estimate of drug-likeness (QED) is 0.636. The Bertz CT molecular complexity index is 1040. The van der Waals surface area contributed by atoms with Gasteiger partial charge in [0.15, 0.2) is 0 Å². The smallest absolute Gasteiger partial charge is 0.404 e. The summed E-state index contributed by atoms with van der Waals surface area (Å²) in [4.78, 5) is 10.1. The molecule has 3 rings (SSSR count). The summed E-state index contributed by atoms with van der Waals surface area (Å²) in [7, 11) is -0.402. The van der Waals surface area contributed by atoms with E-state index < -0.39 is 27.0 Å². The van der Waals surface area contributed by atoms with E-state index in [2.05, 4.69) is 24.7 Å². The Hall–Kier alpha value is -2.60. The second-order valence-corrected chi connectivity index (χ2v) is 9.54. The number of anilines is 2. The third-order valence-corrected chi connectivity index (χ3v) is 6.61. The zero-order valence-corrected chi connectivity index (χ0v) is 18.8. The van der Waals surface area contributed by atoms with E-state index in [4.69, 9.17) is 0 Å². The summed E-state index contributed by atoms with van der Waals surface area (Å²) < 4.78 is 69.7. The van der Waals surface area contributed by atoms with Gasteiger partial charge < -0.3 is 15.0 Å². The Morgan fingerprint density at radius 3 is 2.31 bits per heavy atom. The highest BCUT2D eigenvalue weighted by Crippen LogP contribution is 2.30. The van der Waals surface area contributed by atoms with Crippen molar-refractivity contribution in [3.8, 4) is 5.75 Å². The molecule has 12 heteroatoms. The van der Waals surface area contributed by atoms with Crippen LogP contribution in [0, 0.1) is 6.92 Å². The molecule has 0 amide bonds. The van der Waals surface area contributed by atoms with Crippen LogP contribution in [-0.4, -0.2) is 50.9 Å². The van der Waals surface area contributed by atoms with E-state index in [1.165, 1.54) is 12.1 Å². The predicted octanol–water partition coefficient (Wildman–Crippen LogP) is 3.45. The Labute approximate surface area is 185 Å². The van der Waals surface area contributed by atoms with Crippen molar-refractivity contribution < 1.29 is 26.3 Å². The van der Waals surface area contributed by atoms with Crippen LogP contribution >= 0.6 is 0 Å². The molecule has 0 spiro atoms. The number of hydrogen-bond donors (Lipinski definition) is 2. The predicted molar refractivity (Wildman–Crippen MR) is 114 cm³/mol. The monoisotopic (exact) mass is 473 g/mol. The van der Waals surface area contributed by atoms with Crippen molar-refractivity contribution in [2.24, 2.45) is 0 Å². The van der Waals surface area contributed by atoms with Crippen molar-refractivity contribution in [1.29, 1.82) is 0 Å². The number of nitrogens with zero attached hydrogens (tertiary/aromatic N) is 3. The molecule has 2 N–H and O–H groups in total. The minimum atomic E-state index is -4.98. The van der Waals surface area contributed by atoms with E-state index >= 15 is 0 Å². The number of para-hydroxylation sites is 1. The van der Waals surface area contributed by atoms with Crippen LogP contribution in [0.4, 0.5) is 24.8 Å². The van der Waals surface area contributed by atoms with Crippen molar-refractivity contribution >= 4 is 21.7 Å². The molecule has 1 aliphatic carbocycles. The lowest BCUT2D eigenvalue weighted by atomic mass is 9.92. The number of halogens is 3. The summed E-state index contributed by atoms with van der Waals surface area (Å²) in [5.74, 6) is 1.36. The number of nitrogens with one attached hydrogen (secondary N) is 2. The number of hydrogen-bond acceptors (Lipinski definition) is 7. The number of benzene rings is 1. The van der Waals surface area contributed by atoms with Gasteiger partial charge in [-0.15, -0.1) is 13.2 Å². The molecular weight excluding hydrogens is 447 g/mol. The van der Waals surface area contributed by atoms with Crippen LogP contribution in [0.2, 0.25) is 0 Å². The van der Waals surface area contributed by atoms with Crippen LogP contribution in [-0.2, 0) is 10.0 Å². The number of aromatic nitrogens is 2. The molecule has 0 atom stereocenters. The third-order valence-electron chi connectivity index (χ3n) is 5.05. The average Bonchev–Trinajstić information content (AvgIpc) is 2.68. The molecule has 1 heterocycles. The third kappa shape index (κ3) is 6.45. The summed E-state index contributed by atoms with van der Waals surface area (Å²) in [6, 6.07) is 6.27. The highest BCUT2D eigenvalue weighted by molar-refractivity contribution is 7.89. The highest BCUT2D eigenvalue weighted by Gasteiger charge is 2.35. The topological polar surface area (TPSA) is 96.5 Å². The van der Waals surface area contributed by atoms with Gasteiger partial charge in [-0.2, -0.15) is 0 Å². The van der Waals surface area contributed by atoms with Gasteiger partial charge in [-0.1, -0.05) is 12.1 Å². The second kappa shape index (κ2) is 9.49. The first-order valence-electron chi connectivity index (χ1n) is 10.1. The lowest BCUT2D eigenvalue weighted by molar-refractivity contribution is -0.275. The van der Waals surface area contributed by atoms with E-state index in [1.54, 1.807) is 0 Å². The number of sulfonamides is 1. The molecule has 1 saturated carbocycles. The van der Waals surface area contributed by atoms with Crippen molar-refractivity contribution in [1.82, 2.24) is 14.7 Å².